The average molecular weight is 376 g/mol. The van der Waals surface area contributed by atoms with Gasteiger partial charge in [0.1, 0.15) is 4.83 Å². The van der Waals surface area contributed by atoms with E-state index < -0.39 is 0 Å². The fraction of sp³-hybridized carbons (Fsp3) is 0.278. The monoisotopic (exact) mass is 375 g/mol. The van der Waals surface area contributed by atoms with E-state index in [0.29, 0.717) is 37.9 Å². The van der Waals surface area contributed by atoms with Crippen molar-refractivity contribution in [1.82, 2.24) is 9.55 Å². The van der Waals surface area contributed by atoms with Gasteiger partial charge < -0.3 is 5.32 Å². The van der Waals surface area contributed by atoms with Crippen molar-refractivity contribution in [2.45, 2.75) is 33.7 Å². The molecular weight excluding hydrogens is 358 g/mol. The Morgan fingerprint density at radius 3 is 2.80 bits per heavy atom. The molecule has 0 aliphatic heterocycles. The highest BCUT2D eigenvalue weighted by atomic mass is 35.5. The zero-order valence-electron chi connectivity index (χ0n) is 14.2. The van der Waals surface area contributed by atoms with E-state index in [1.165, 1.54) is 11.3 Å². The first-order valence-electron chi connectivity index (χ1n) is 7.99. The molecule has 0 saturated carbocycles. The van der Waals surface area contributed by atoms with Gasteiger partial charge >= 0.3 is 0 Å². The fourth-order valence-electron chi connectivity index (χ4n) is 2.70. The number of carbonyl (C=O) groups is 1. The number of nitrogens with zero attached hydrogens (tertiary/aromatic N) is 2. The van der Waals surface area contributed by atoms with Gasteiger partial charge in [0.2, 0.25) is 0 Å². The molecule has 1 N–H and O–H groups in total. The van der Waals surface area contributed by atoms with E-state index in [1.54, 1.807) is 36.0 Å². The molecule has 3 rings (SSSR count). The Morgan fingerprint density at radius 2 is 2.08 bits per heavy atom. The minimum absolute atomic E-state index is 0.0985. The lowest BCUT2D eigenvalue weighted by atomic mass is 10.1. The topological polar surface area (TPSA) is 64.0 Å². The summed E-state index contributed by atoms with van der Waals surface area (Å²) in [7, 11) is 0. The zero-order chi connectivity index (χ0) is 18.1. The van der Waals surface area contributed by atoms with Crippen LogP contribution in [0.2, 0.25) is 5.02 Å². The number of anilines is 1. The Balaban J connectivity index is 2.02. The highest BCUT2D eigenvalue weighted by molar-refractivity contribution is 7.20. The van der Waals surface area contributed by atoms with Crippen molar-refractivity contribution in [3.8, 4) is 0 Å². The van der Waals surface area contributed by atoms with Crippen LogP contribution >= 0.6 is 22.9 Å². The van der Waals surface area contributed by atoms with Crippen LogP contribution in [0.3, 0.4) is 0 Å². The first kappa shape index (κ1) is 17.6. The second kappa shape index (κ2) is 6.98. The fourth-order valence-corrected chi connectivity index (χ4v) is 3.91. The van der Waals surface area contributed by atoms with E-state index in [4.69, 9.17) is 11.6 Å². The summed E-state index contributed by atoms with van der Waals surface area (Å²) in [6.07, 6.45) is 2.39. The highest BCUT2D eigenvalue weighted by Crippen LogP contribution is 2.29. The number of nitrogens with one attached hydrogen (secondary N) is 1. The zero-order valence-corrected chi connectivity index (χ0v) is 15.8. The number of aryl methyl sites for hydroxylation is 2. The number of halogens is 1. The number of carbonyl (C=O) groups excluding carboxylic acids is 1. The Morgan fingerprint density at radius 1 is 1.32 bits per heavy atom. The van der Waals surface area contributed by atoms with Crippen LogP contribution < -0.4 is 10.9 Å². The summed E-state index contributed by atoms with van der Waals surface area (Å²) >= 11 is 7.34. The molecule has 2 aromatic heterocycles. The smallest absolute Gasteiger partial charge is 0.266 e. The third-order valence-corrected chi connectivity index (χ3v) is 5.71. The van der Waals surface area contributed by atoms with Crippen molar-refractivity contribution >= 4 is 44.7 Å². The number of hydrogen-bond donors (Lipinski definition) is 1. The highest BCUT2D eigenvalue weighted by Gasteiger charge is 2.20. The molecule has 1 aromatic carbocycles. The second-order valence-corrected chi connectivity index (χ2v) is 7.25. The number of aromatic nitrogens is 2. The van der Waals surface area contributed by atoms with Crippen LogP contribution in [0.1, 0.15) is 34.1 Å². The van der Waals surface area contributed by atoms with Gasteiger partial charge in [-0.2, -0.15) is 0 Å². The Kier molecular flexibility index (Phi) is 4.92. The van der Waals surface area contributed by atoms with E-state index in [9.17, 15) is 9.59 Å². The third-order valence-electron chi connectivity index (χ3n) is 4.10. The Hall–Kier alpha value is -2.18. The SMILES string of the molecule is CCCn1cnc2sc(C(=O)Nc3cccc(Cl)c3C)c(C)c2c1=O. The number of rotatable bonds is 4. The maximum atomic E-state index is 12.7. The first-order valence-corrected chi connectivity index (χ1v) is 9.18. The Labute approximate surface area is 154 Å². The van der Waals surface area contributed by atoms with Gasteiger partial charge in [-0.15, -0.1) is 11.3 Å². The molecular formula is C18H18ClN3O2S. The molecule has 0 radical (unpaired) electrons. The van der Waals surface area contributed by atoms with Crippen LogP contribution in [0.4, 0.5) is 5.69 Å². The standard InChI is InChI=1S/C18H18ClN3O2S/c1-4-8-22-9-20-17-14(18(22)24)11(3)15(25-17)16(23)21-13-7-5-6-12(19)10(13)2/h5-7,9H,4,8H2,1-3H3,(H,21,23). The summed E-state index contributed by atoms with van der Waals surface area (Å²) in [5, 5.41) is 3.99. The predicted molar refractivity (Wildman–Crippen MR) is 103 cm³/mol. The lowest BCUT2D eigenvalue weighted by molar-refractivity contribution is 0.103. The molecule has 7 heteroatoms. The van der Waals surface area contributed by atoms with Crippen LogP contribution in [0.5, 0.6) is 0 Å². The van der Waals surface area contributed by atoms with Crippen LogP contribution in [0.15, 0.2) is 29.3 Å². The van der Waals surface area contributed by atoms with E-state index in [1.807, 2.05) is 13.8 Å². The summed E-state index contributed by atoms with van der Waals surface area (Å²) in [6, 6.07) is 5.36. The van der Waals surface area contributed by atoms with Gasteiger partial charge in [0, 0.05) is 17.3 Å². The van der Waals surface area contributed by atoms with Gasteiger partial charge in [0.15, 0.2) is 0 Å². The molecule has 0 aliphatic carbocycles. The van der Waals surface area contributed by atoms with Crippen molar-refractivity contribution in [3.05, 3.63) is 55.9 Å². The van der Waals surface area contributed by atoms with E-state index in [0.717, 1.165) is 12.0 Å². The third kappa shape index (κ3) is 3.19. The van der Waals surface area contributed by atoms with Crippen LogP contribution in [0.25, 0.3) is 10.2 Å². The molecule has 2 heterocycles. The lowest BCUT2D eigenvalue weighted by Crippen LogP contribution is -2.20. The molecule has 0 aliphatic rings. The van der Waals surface area contributed by atoms with E-state index >= 15 is 0 Å². The van der Waals surface area contributed by atoms with Gasteiger partial charge in [0.25, 0.3) is 11.5 Å². The van der Waals surface area contributed by atoms with Gasteiger partial charge in [-0.25, -0.2) is 4.98 Å². The molecule has 0 atom stereocenters. The molecule has 3 aromatic rings. The molecule has 0 unspecified atom stereocenters. The summed E-state index contributed by atoms with van der Waals surface area (Å²) in [4.78, 5) is 30.7. The van der Waals surface area contributed by atoms with Crippen molar-refractivity contribution in [1.29, 1.82) is 0 Å². The molecule has 25 heavy (non-hydrogen) atoms. The summed E-state index contributed by atoms with van der Waals surface area (Å²) in [6.45, 7) is 6.25. The summed E-state index contributed by atoms with van der Waals surface area (Å²) in [5.74, 6) is -0.257. The average Bonchev–Trinajstić information content (AvgIpc) is 2.92. The van der Waals surface area contributed by atoms with Gasteiger partial charge in [-0.3, -0.25) is 14.2 Å². The lowest BCUT2D eigenvalue weighted by Gasteiger charge is -2.09. The molecule has 0 fully saturated rings. The van der Waals surface area contributed by atoms with E-state index in [-0.39, 0.29) is 11.5 Å². The molecule has 1 amide bonds. The van der Waals surface area contributed by atoms with Gasteiger partial charge in [0.05, 0.1) is 16.6 Å². The minimum Gasteiger partial charge on any atom is -0.321 e. The predicted octanol–water partition coefficient (Wildman–Crippen LogP) is 4.39. The van der Waals surface area contributed by atoms with Crippen molar-refractivity contribution in [2.75, 3.05) is 5.32 Å². The number of thiophene rings is 1. The maximum Gasteiger partial charge on any atom is 0.266 e. The second-order valence-electron chi connectivity index (χ2n) is 5.85. The van der Waals surface area contributed by atoms with Crippen LogP contribution in [0, 0.1) is 13.8 Å². The largest absolute Gasteiger partial charge is 0.321 e. The first-order chi connectivity index (χ1) is 11.9. The van der Waals surface area contributed by atoms with Crippen molar-refractivity contribution in [3.63, 3.8) is 0 Å². The molecule has 0 bridgehead atoms. The minimum atomic E-state index is -0.257. The maximum absolute atomic E-state index is 12.7. The molecule has 130 valence electrons. The molecule has 0 saturated heterocycles. The number of hydrogen-bond acceptors (Lipinski definition) is 4. The van der Waals surface area contributed by atoms with Gasteiger partial charge in [-0.1, -0.05) is 24.6 Å². The van der Waals surface area contributed by atoms with Crippen LogP contribution in [-0.2, 0) is 6.54 Å². The molecule has 0 spiro atoms. The molecule has 5 nitrogen and oxygen atoms in total. The number of amides is 1. The van der Waals surface area contributed by atoms with Gasteiger partial charge in [-0.05, 0) is 43.5 Å². The number of fused-ring (bicyclic) bond motifs is 1. The van der Waals surface area contributed by atoms with Crippen LogP contribution in [-0.4, -0.2) is 15.5 Å². The van der Waals surface area contributed by atoms with E-state index in [2.05, 4.69) is 10.3 Å². The van der Waals surface area contributed by atoms with Crippen molar-refractivity contribution < 1.29 is 4.79 Å². The summed E-state index contributed by atoms with van der Waals surface area (Å²) < 4.78 is 1.59. The van der Waals surface area contributed by atoms with Crippen molar-refractivity contribution in [2.24, 2.45) is 0 Å². The normalized spacial score (nSPS) is 11.0. The Bertz CT molecular complexity index is 1020. The quantitative estimate of drug-likeness (QED) is 0.735. The number of benzene rings is 1. The summed E-state index contributed by atoms with van der Waals surface area (Å²) in [5.41, 5.74) is 2.03.